The summed E-state index contributed by atoms with van der Waals surface area (Å²) >= 11 is 0. The van der Waals surface area contributed by atoms with Gasteiger partial charge in [0.2, 0.25) is 0 Å². The molecule has 1 aromatic carbocycles. The van der Waals surface area contributed by atoms with E-state index in [4.69, 9.17) is 5.73 Å². The number of nitrogens with zero attached hydrogens (tertiary/aromatic N) is 1. The normalized spacial score (nSPS) is 12.3. The first-order chi connectivity index (χ1) is 9.59. The number of alkyl halides is 5. The number of halogens is 5. The number of carbonyl (C=O) groups excluding carboxylic acids is 1. The van der Waals surface area contributed by atoms with Crippen LogP contribution >= 0.6 is 0 Å². The Hall–Kier alpha value is -1.86. The predicted octanol–water partition coefficient (Wildman–Crippen LogP) is 3.21. The van der Waals surface area contributed by atoms with Gasteiger partial charge in [0.15, 0.2) is 0 Å². The molecule has 118 valence electrons. The van der Waals surface area contributed by atoms with E-state index in [-0.39, 0.29) is 19.5 Å². The maximum absolute atomic E-state index is 13.1. The van der Waals surface area contributed by atoms with Crippen molar-refractivity contribution in [2.45, 2.75) is 32.0 Å². The van der Waals surface area contributed by atoms with Gasteiger partial charge in [0.25, 0.3) is 0 Å². The van der Waals surface area contributed by atoms with Crippen molar-refractivity contribution in [2.75, 3.05) is 12.3 Å². The Bertz CT molecular complexity index is 502. The van der Waals surface area contributed by atoms with E-state index in [0.29, 0.717) is 16.2 Å². The molecule has 0 radical (unpaired) electrons. The Morgan fingerprint density at radius 3 is 2.33 bits per heavy atom. The Balaban J connectivity index is 2.99. The Morgan fingerprint density at radius 1 is 1.24 bits per heavy atom. The van der Waals surface area contributed by atoms with Crippen molar-refractivity contribution < 1.29 is 26.7 Å². The highest BCUT2D eigenvalue weighted by Gasteiger charge is 2.64. The van der Waals surface area contributed by atoms with Crippen LogP contribution in [0.1, 0.15) is 18.9 Å². The van der Waals surface area contributed by atoms with Crippen LogP contribution in [0.2, 0.25) is 0 Å². The first-order valence-electron chi connectivity index (χ1n) is 6.18. The molecule has 0 aliphatic carbocycles. The summed E-state index contributed by atoms with van der Waals surface area (Å²) in [4.78, 5) is 12.0. The third-order valence-electron chi connectivity index (χ3n) is 2.73. The zero-order valence-electron chi connectivity index (χ0n) is 11.3. The number of benzene rings is 1. The number of amides is 1. The minimum atomic E-state index is -5.91. The number of rotatable bonds is 5. The lowest BCUT2D eigenvalue weighted by Crippen LogP contribution is -2.52. The van der Waals surface area contributed by atoms with Gasteiger partial charge < -0.3 is 10.6 Å². The molecule has 0 fully saturated rings. The monoisotopic (exact) mass is 310 g/mol. The lowest BCUT2D eigenvalue weighted by atomic mass is 10.1. The second-order valence-electron chi connectivity index (χ2n) is 4.54. The summed E-state index contributed by atoms with van der Waals surface area (Å²) in [5, 5.41) is 0. The van der Waals surface area contributed by atoms with Crippen LogP contribution in [-0.2, 0) is 11.3 Å². The van der Waals surface area contributed by atoms with Crippen molar-refractivity contribution in [2.24, 2.45) is 0 Å². The molecule has 0 heterocycles. The lowest BCUT2D eigenvalue weighted by Gasteiger charge is -2.28. The fraction of sp³-hybridized carbons (Fsp3) is 0.462. The smallest absolute Gasteiger partial charge is 0.399 e. The Kier molecular flexibility index (Phi) is 5.14. The summed E-state index contributed by atoms with van der Waals surface area (Å²) in [6, 6.07) is 5.99. The van der Waals surface area contributed by atoms with E-state index >= 15 is 0 Å². The molecule has 1 rings (SSSR count). The summed E-state index contributed by atoms with van der Waals surface area (Å²) in [6.07, 6.45) is -5.66. The minimum absolute atomic E-state index is 0.209. The van der Waals surface area contributed by atoms with Crippen LogP contribution in [0.3, 0.4) is 0 Å². The highest BCUT2D eigenvalue weighted by molar-refractivity contribution is 5.84. The fourth-order valence-electron chi connectivity index (χ4n) is 1.75. The Labute approximate surface area is 118 Å². The molecular formula is C13H15F5N2O. The quantitative estimate of drug-likeness (QED) is 0.670. The zero-order valence-corrected chi connectivity index (χ0v) is 11.3. The van der Waals surface area contributed by atoms with E-state index in [9.17, 15) is 26.7 Å². The maximum atomic E-state index is 13.1. The van der Waals surface area contributed by atoms with E-state index in [2.05, 4.69) is 0 Å². The van der Waals surface area contributed by atoms with Gasteiger partial charge in [0.1, 0.15) is 0 Å². The molecule has 0 aliphatic rings. The summed E-state index contributed by atoms with van der Waals surface area (Å²) < 4.78 is 63.1. The molecule has 8 heteroatoms. The van der Waals surface area contributed by atoms with E-state index in [1.807, 2.05) is 0 Å². The number of hydrogen-bond acceptors (Lipinski definition) is 2. The average molecular weight is 310 g/mol. The van der Waals surface area contributed by atoms with E-state index in [1.165, 1.54) is 18.2 Å². The molecule has 3 nitrogen and oxygen atoms in total. The van der Waals surface area contributed by atoms with Gasteiger partial charge in [-0.3, -0.25) is 4.79 Å². The third kappa shape index (κ3) is 4.05. The molecule has 0 atom stereocenters. The number of anilines is 1. The first kappa shape index (κ1) is 17.2. The molecule has 2 N–H and O–H groups in total. The van der Waals surface area contributed by atoms with Gasteiger partial charge in [0.05, 0.1) is 0 Å². The summed E-state index contributed by atoms with van der Waals surface area (Å²) in [7, 11) is 0. The standard InChI is InChI=1S/C13H15F5N2O/c1-2-6-20(8-9-4-3-5-10(19)7-9)11(21)12(14,15)13(16,17)18/h3-5,7H,2,6,8,19H2,1H3. The largest absolute Gasteiger partial charge is 0.463 e. The van der Waals surface area contributed by atoms with Gasteiger partial charge in [0, 0.05) is 18.8 Å². The maximum Gasteiger partial charge on any atom is 0.463 e. The van der Waals surface area contributed by atoms with Crippen LogP contribution in [0, 0.1) is 0 Å². The van der Waals surface area contributed by atoms with Crippen LogP contribution in [0.25, 0.3) is 0 Å². The molecule has 0 saturated carbocycles. The number of nitrogen functional groups attached to an aromatic ring is 1. The summed E-state index contributed by atoms with van der Waals surface area (Å²) in [5.74, 6) is -7.65. The molecule has 0 spiro atoms. The van der Waals surface area contributed by atoms with Crippen molar-refractivity contribution in [3.8, 4) is 0 Å². The van der Waals surface area contributed by atoms with Crippen molar-refractivity contribution in [1.82, 2.24) is 4.90 Å². The van der Waals surface area contributed by atoms with Gasteiger partial charge in [-0.2, -0.15) is 22.0 Å². The van der Waals surface area contributed by atoms with Crippen molar-refractivity contribution in [3.05, 3.63) is 29.8 Å². The molecule has 1 aromatic rings. The van der Waals surface area contributed by atoms with Gasteiger partial charge >= 0.3 is 18.0 Å². The molecule has 0 unspecified atom stereocenters. The lowest BCUT2D eigenvalue weighted by molar-refractivity contribution is -0.274. The number of carbonyl (C=O) groups is 1. The molecule has 0 aliphatic heterocycles. The SMILES string of the molecule is CCCN(Cc1cccc(N)c1)C(=O)C(F)(F)C(F)(F)F. The van der Waals surface area contributed by atoms with Crippen molar-refractivity contribution >= 4 is 11.6 Å². The van der Waals surface area contributed by atoms with Crippen molar-refractivity contribution in [1.29, 1.82) is 0 Å². The van der Waals surface area contributed by atoms with E-state index < -0.39 is 18.0 Å². The second kappa shape index (κ2) is 6.28. The van der Waals surface area contributed by atoms with Gasteiger partial charge in [-0.1, -0.05) is 19.1 Å². The van der Waals surface area contributed by atoms with Gasteiger partial charge in [-0.15, -0.1) is 0 Å². The van der Waals surface area contributed by atoms with Crippen molar-refractivity contribution in [3.63, 3.8) is 0 Å². The van der Waals surface area contributed by atoms with Crippen LogP contribution in [0.4, 0.5) is 27.6 Å². The van der Waals surface area contributed by atoms with Crippen LogP contribution in [-0.4, -0.2) is 29.5 Å². The van der Waals surface area contributed by atoms with E-state index in [0.717, 1.165) is 0 Å². The predicted molar refractivity (Wildman–Crippen MR) is 67.6 cm³/mol. The third-order valence-corrected chi connectivity index (χ3v) is 2.73. The molecule has 0 saturated heterocycles. The molecular weight excluding hydrogens is 295 g/mol. The molecule has 21 heavy (non-hydrogen) atoms. The highest BCUT2D eigenvalue weighted by Crippen LogP contribution is 2.37. The number of hydrogen-bond donors (Lipinski definition) is 1. The van der Waals surface area contributed by atoms with Crippen LogP contribution < -0.4 is 5.73 Å². The molecule has 1 amide bonds. The summed E-state index contributed by atoms with van der Waals surface area (Å²) in [5.41, 5.74) is 6.22. The van der Waals surface area contributed by atoms with Gasteiger partial charge in [-0.05, 0) is 24.1 Å². The minimum Gasteiger partial charge on any atom is -0.399 e. The van der Waals surface area contributed by atoms with E-state index in [1.54, 1.807) is 13.0 Å². The molecule has 0 bridgehead atoms. The average Bonchev–Trinajstić information content (AvgIpc) is 2.36. The highest BCUT2D eigenvalue weighted by atomic mass is 19.4. The second-order valence-corrected chi connectivity index (χ2v) is 4.54. The molecule has 0 aromatic heterocycles. The van der Waals surface area contributed by atoms with Crippen LogP contribution in [0.15, 0.2) is 24.3 Å². The topological polar surface area (TPSA) is 46.3 Å². The van der Waals surface area contributed by atoms with Gasteiger partial charge in [-0.25, -0.2) is 0 Å². The fourth-order valence-corrected chi connectivity index (χ4v) is 1.75. The zero-order chi connectivity index (χ0) is 16.3. The van der Waals surface area contributed by atoms with Crippen LogP contribution in [0.5, 0.6) is 0 Å². The number of nitrogens with two attached hydrogens (primary N) is 1. The Morgan fingerprint density at radius 2 is 1.86 bits per heavy atom. The summed E-state index contributed by atoms with van der Waals surface area (Å²) in [6.45, 7) is 1.01. The first-order valence-corrected chi connectivity index (χ1v) is 6.18.